The highest BCUT2D eigenvalue weighted by molar-refractivity contribution is 7.99. The van der Waals surface area contributed by atoms with Gasteiger partial charge in [0.15, 0.2) is 0 Å². The number of rotatable bonds is 11. The smallest absolute Gasteiger partial charge is 0.307 e. The molecule has 3 N–H and O–H groups in total. The number of carboxylic acid groups (broad SMARTS) is 1. The Morgan fingerprint density at radius 2 is 1.77 bits per heavy atom. The van der Waals surface area contributed by atoms with Crippen LogP contribution in [-0.4, -0.2) is 47.5 Å². The van der Waals surface area contributed by atoms with Gasteiger partial charge in [-0.15, -0.1) is 6.58 Å². The largest absolute Gasteiger partial charge is 0.481 e. The maximum Gasteiger partial charge on any atom is 0.307 e. The van der Waals surface area contributed by atoms with Crippen molar-refractivity contribution in [3.8, 4) is 0 Å². The van der Waals surface area contributed by atoms with Crippen molar-refractivity contribution in [3.05, 3.63) is 12.7 Å². The van der Waals surface area contributed by atoms with Crippen molar-refractivity contribution < 1.29 is 19.5 Å². The minimum absolute atomic E-state index is 0.0809. The Morgan fingerprint density at radius 3 is 2.12 bits per heavy atom. The van der Waals surface area contributed by atoms with Gasteiger partial charge in [-0.3, -0.25) is 14.4 Å². The second-order valence-corrected chi connectivity index (χ2v) is 9.40. The monoisotopic (exact) mass is 388 g/mol. The zero-order valence-corrected chi connectivity index (χ0v) is 17.9. The van der Waals surface area contributed by atoms with E-state index in [-0.39, 0.29) is 25.3 Å². The highest BCUT2D eigenvalue weighted by Crippen LogP contribution is 2.34. The van der Waals surface area contributed by atoms with Gasteiger partial charge >= 0.3 is 5.97 Å². The molecule has 0 aliphatic carbocycles. The van der Waals surface area contributed by atoms with E-state index in [1.54, 1.807) is 0 Å². The van der Waals surface area contributed by atoms with Gasteiger partial charge in [-0.05, 0) is 24.5 Å². The van der Waals surface area contributed by atoms with E-state index in [0.717, 1.165) is 0 Å². The molecule has 2 amide bonds. The van der Waals surface area contributed by atoms with Crippen LogP contribution in [0.25, 0.3) is 0 Å². The van der Waals surface area contributed by atoms with Crippen LogP contribution in [0.5, 0.6) is 0 Å². The molecule has 0 saturated carbocycles. The topological polar surface area (TPSA) is 95.5 Å². The first kappa shape index (κ1) is 26.7. The molecule has 0 bridgehead atoms. The Bertz CT molecular complexity index is 445. The molecule has 0 heterocycles. The molecule has 152 valence electrons. The van der Waals surface area contributed by atoms with Crippen LogP contribution >= 0.6 is 11.8 Å². The van der Waals surface area contributed by atoms with Crippen molar-refractivity contribution in [3.63, 3.8) is 0 Å². The number of amides is 2. The number of carbonyl (C=O) groups excluding carboxylic acids is 2. The number of carboxylic acids is 1. The maximum atomic E-state index is 11.3. The number of carbonyl (C=O) groups is 3. The molecular formula is C19H36N2O4S. The summed E-state index contributed by atoms with van der Waals surface area (Å²) in [6.45, 7) is 15.6. The summed E-state index contributed by atoms with van der Waals surface area (Å²) in [6, 6.07) is 0. The number of allylic oxidation sites excluding steroid dienone is 1. The zero-order valence-electron chi connectivity index (χ0n) is 17.1. The first-order valence-electron chi connectivity index (χ1n) is 8.71. The van der Waals surface area contributed by atoms with Gasteiger partial charge in [-0.2, -0.15) is 11.8 Å². The summed E-state index contributed by atoms with van der Waals surface area (Å²) in [4.78, 5) is 31.9. The Labute approximate surface area is 162 Å². The van der Waals surface area contributed by atoms with Gasteiger partial charge in [0, 0.05) is 24.3 Å². The van der Waals surface area contributed by atoms with E-state index in [4.69, 9.17) is 5.11 Å². The lowest BCUT2D eigenvalue weighted by molar-refractivity contribution is -0.143. The molecule has 1 unspecified atom stereocenters. The normalized spacial score (nSPS) is 12.2. The van der Waals surface area contributed by atoms with Crippen molar-refractivity contribution in [2.45, 2.75) is 58.6 Å². The second-order valence-electron chi connectivity index (χ2n) is 7.89. The number of hydrogen-bond acceptors (Lipinski definition) is 4. The van der Waals surface area contributed by atoms with Crippen LogP contribution in [0.3, 0.4) is 0 Å². The van der Waals surface area contributed by atoms with Crippen molar-refractivity contribution in [2.75, 3.05) is 19.3 Å². The van der Waals surface area contributed by atoms with Crippen LogP contribution in [0, 0.1) is 11.3 Å². The van der Waals surface area contributed by atoms with Crippen LogP contribution in [-0.2, 0) is 14.4 Å². The fourth-order valence-corrected chi connectivity index (χ4v) is 3.03. The molecule has 1 atom stereocenters. The first-order chi connectivity index (χ1) is 11.9. The minimum Gasteiger partial charge on any atom is -0.481 e. The Balaban J connectivity index is 0. The minimum atomic E-state index is -1.01. The van der Waals surface area contributed by atoms with Crippen LogP contribution in [0.2, 0.25) is 0 Å². The average molecular weight is 389 g/mol. The lowest BCUT2D eigenvalue weighted by Crippen LogP contribution is -2.33. The molecule has 26 heavy (non-hydrogen) atoms. The highest BCUT2D eigenvalue weighted by Gasteiger charge is 2.23. The van der Waals surface area contributed by atoms with E-state index in [2.05, 4.69) is 58.1 Å². The van der Waals surface area contributed by atoms with Gasteiger partial charge in [-0.25, -0.2) is 0 Å². The number of nitrogens with one attached hydrogen (secondary N) is 2. The summed E-state index contributed by atoms with van der Waals surface area (Å²) in [6.07, 6.45) is 5.65. The molecule has 0 saturated heterocycles. The molecule has 0 aliphatic heterocycles. The van der Waals surface area contributed by atoms with Crippen molar-refractivity contribution >= 4 is 30.0 Å². The molecule has 0 aromatic carbocycles. The summed E-state index contributed by atoms with van der Waals surface area (Å²) in [7, 11) is 0. The lowest BCUT2D eigenvalue weighted by Gasteiger charge is -2.30. The van der Waals surface area contributed by atoms with Crippen LogP contribution < -0.4 is 10.6 Å². The first-order valence-corrected chi connectivity index (χ1v) is 9.93. The van der Waals surface area contributed by atoms with Gasteiger partial charge in [0.1, 0.15) is 0 Å². The summed E-state index contributed by atoms with van der Waals surface area (Å²) in [5.74, 6) is -2.10. The molecule has 7 heteroatoms. The maximum absolute atomic E-state index is 11.3. The lowest BCUT2D eigenvalue weighted by atomic mass is 9.86. The average Bonchev–Trinajstić information content (AvgIpc) is 2.49. The molecule has 0 fully saturated rings. The van der Waals surface area contributed by atoms with E-state index in [1.807, 2.05) is 11.8 Å². The number of hydrogen-bond donors (Lipinski definition) is 3. The Hall–Kier alpha value is -1.50. The fourth-order valence-electron chi connectivity index (χ4n) is 2.45. The third-order valence-corrected chi connectivity index (χ3v) is 4.67. The zero-order chi connectivity index (χ0) is 20.8. The van der Waals surface area contributed by atoms with Gasteiger partial charge in [0.05, 0.1) is 5.92 Å². The third-order valence-electron chi connectivity index (χ3n) is 3.42. The Morgan fingerprint density at radius 1 is 1.19 bits per heavy atom. The highest BCUT2D eigenvalue weighted by atomic mass is 32.2. The van der Waals surface area contributed by atoms with Crippen molar-refractivity contribution in [2.24, 2.45) is 11.3 Å². The van der Waals surface area contributed by atoms with E-state index in [1.165, 1.54) is 12.5 Å². The SMILES string of the molecule is C=CCC(CC(=O)NCCNC=O)C(=O)O.CSC(C)(C)CC(C)(C)C. The summed E-state index contributed by atoms with van der Waals surface area (Å²) < 4.78 is 0.443. The van der Waals surface area contributed by atoms with Crippen LogP contribution in [0.1, 0.15) is 53.9 Å². The fraction of sp³-hybridized carbons (Fsp3) is 0.737. The molecular weight excluding hydrogens is 352 g/mol. The standard InChI is InChI=1S/C10H16N2O4.C9H20S/c1-2-3-8(10(15)16)6-9(14)12-5-4-11-7-13;1-8(2,3)7-9(4,5)10-6/h2,7-8H,1,3-6H2,(H,11,13)(H,12,14)(H,15,16);7H2,1-6H3. The van der Waals surface area contributed by atoms with Gasteiger partial charge in [0.2, 0.25) is 12.3 Å². The van der Waals surface area contributed by atoms with E-state index < -0.39 is 11.9 Å². The quantitative estimate of drug-likeness (QED) is 0.287. The van der Waals surface area contributed by atoms with Crippen molar-refractivity contribution in [1.82, 2.24) is 10.6 Å². The molecule has 0 aliphatic rings. The molecule has 0 spiro atoms. The third kappa shape index (κ3) is 17.3. The van der Waals surface area contributed by atoms with E-state index in [0.29, 0.717) is 23.1 Å². The van der Waals surface area contributed by atoms with Crippen LogP contribution in [0.15, 0.2) is 12.7 Å². The van der Waals surface area contributed by atoms with E-state index in [9.17, 15) is 14.4 Å². The van der Waals surface area contributed by atoms with Gasteiger partial charge in [-0.1, -0.05) is 40.7 Å². The van der Waals surface area contributed by atoms with Crippen LogP contribution in [0.4, 0.5) is 0 Å². The van der Waals surface area contributed by atoms with Gasteiger partial charge in [0.25, 0.3) is 0 Å². The molecule has 0 aromatic rings. The summed E-state index contributed by atoms with van der Waals surface area (Å²) >= 11 is 1.95. The second kappa shape index (κ2) is 13.7. The summed E-state index contributed by atoms with van der Waals surface area (Å²) in [5, 5.41) is 13.7. The number of aliphatic carboxylic acids is 1. The summed E-state index contributed by atoms with van der Waals surface area (Å²) in [5.41, 5.74) is 0.465. The Kier molecular flexibility index (Phi) is 14.1. The van der Waals surface area contributed by atoms with Gasteiger partial charge < -0.3 is 15.7 Å². The molecule has 0 aromatic heterocycles. The predicted molar refractivity (Wildman–Crippen MR) is 109 cm³/mol. The molecule has 0 radical (unpaired) electrons. The predicted octanol–water partition coefficient (Wildman–Crippen LogP) is 3.08. The number of thioether (sulfide) groups is 1. The van der Waals surface area contributed by atoms with E-state index >= 15 is 0 Å². The van der Waals surface area contributed by atoms with Crippen molar-refractivity contribution in [1.29, 1.82) is 0 Å². The molecule has 0 rings (SSSR count). The molecule has 6 nitrogen and oxygen atoms in total.